The van der Waals surface area contributed by atoms with Crippen molar-refractivity contribution in [2.75, 3.05) is 27.4 Å². The smallest absolute Gasteiger partial charge is 0.220 e. The van der Waals surface area contributed by atoms with E-state index in [2.05, 4.69) is 5.32 Å². The van der Waals surface area contributed by atoms with Crippen molar-refractivity contribution < 1.29 is 19.4 Å². The van der Waals surface area contributed by atoms with Crippen LogP contribution in [0.4, 0.5) is 0 Å². The summed E-state index contributed by atoms with van der Waals surface area (Å²) in [4.78, 5) is 11.8. The Labute approximate surface area is 119 Å². The topological polar surface area (TPSA) is 67.8 Å². The van der Waals surface area contributed by atoms with Gasteiger partial charge in [-0.05, 0) is 30.5 Å². The Morgan fingerprint density at radius 3 is 2.75 bits per heavy atom. The van der Waals surface area contributed by atoms with Gasteiger partial charge in [-0.1, -0.05) is 12.1 Å². The molecule has 0 radical (unpaired) electrons. The molecule has 2 N–H and O–H groups in total. The van der Waals surface area contributed by atoms with Gasteiger partial charge < -0.3 is 19.9 Å². The molecule has 1 aromatic carbocycles. The lowest BCUT2D eigenvalue weighted by Gasteiger charge is -2.15. The molecule has 0 saturated carbocycles. The van der Waals surface area contributed by atoms with E-state index in [4.69, 9.17) is 14.6 Å². The molecule has 0 aliphatic rings. The van der Waals surface area contributed by atoms with Gasteiger partial charge in [-0.15, -0.1) is 0 Å². The average Bonchev–Trinajstić information content (AvgIpc) is 2.45. The van der Waals surface area contributed by atoms with Crippen molar-refractivity contribution in [3.63, 3.8) is 0 Å². The van der Waals surface area contributed by atoms with Gasteiger partial charge in [0, 0.05) is 13.5 Å². The molecule has 1 aromatic rings. The highest BCUT2D eigenvalue weighted by Crippen LogP contribution is 2.19. The highest BCUT2D eigenvalue weighted by molar-refractivity contribution is 5.76. The number of amides is 1. The van der Waals surface area contributed by atoms with Crippen molar-refractivity contribution in [1.82, 2.24) is 5.32 Å². The van der Waals surface area contributed by atoms with Gasteiger partial charge in [-0.2, -0.15) is 0 Å². The maximum absolute atomic E-state index is 11.8. The number of ether oxygens (including phenoxy) is 2. The first-order chi connectivity index (χ1) is 9.60. The molecule has 0 aliphatic carbocycles. The molecule has 1 amide bonds. The molecule has 5 heteroatoms. The first-order valence-electron chi connectivity index (χ1n) is 6.63. The zero-order valence-electron chi connectivity index (χ0n) is 12.3. The molecule has 0 aliphatic heterocycles. The van der Waals surface area contributed by atoms with Crippen molar-refractivity contribution in [1.29, 1.82) is 0 Å². The Bertz CT molecular complexity index is 434. The number of aliphatic hydroxyl groups excluding tert-OH is 1. The minimum atomic E-state index is -0.347. The third kappa shape index (κ3) is 5.19. The van der Waals surface area contributed by atoms with E-state index in [0.717, 1.165) is 16.9 Å². The van der Waals surface area contributed by atoms with Crippen LogP contribution in [-0.4, -0.2) is 44.5 Å². The van der Waals surface area contributed by atoms with Crippen LogP contribution in [0.25, 0.3) is 0 Å². The molecule has 0 aromatic heterocycles. The Morgan fingerprint density at radius 2 is 2.15 bits per heavy atom. The van der Waals surface area contributed by atoms with E-state index in [0.29, 0.717) is 19.4 Å². The van der Waals surface area contributed by atoms with Gasteiger partial charge in [0.05, 0.1) is 26.4 Å². The number of nitrogens with one attached hydrogen (secondary N) is 1. The third-order valence-corrected chi connectivity index (χ3v) is 3.07. The molecule has 0 heterocycles. The second-order valence-electron chi connectivity index (χ2n) is 4.71. The van der Waals surface area contributed by atoms with Crippen molar-refractivity contribution in [2.24, 2.45) is 0 Å². The van der Waals surface area contributed by atoms with Crippen LogP contribution in [-0.2, 0) is 16.0 Å². The zero-order chi connectivity index (χ0) is 15.0. The summed E-state index contributed by atoms with van der Waals surface area (Å²) >= 11 is 0. The number of hydrogen-bond donors (Lipinski definition) is 2. The summed E-state index contributed by atoms with van der Waals surface area (Å²) in [6.45, 7) is 2.16. The predicted octanol–water partition coefficient (Wildman–Crippen LogP) is 1.06. The molecular formula is C15H23NO4. The molecule has 0 bridgehead atoms. The van der Waals surface area contributed by atoms with E-state index in [1.54, 1.807) is 7.11 Å². The number of carbonyl (C=O) groups is 1. The first kappa shape index (κ1) is 16.5. The van der Waals surface area contributed by atoms with Crippen molar-refractivity contribution in [3.05, 3.63) is 29.3 Å². The number of aryl methyl sites for hydroxylation is 2. The third-order valence-electron chi connectivity index (χ3n) is 3.07. The second-order valence-corrected chi connectivity index (χ2v) is 4.71. The van der Waals surface area contributed by atoms with E-state index in [9.17, 15) is 4.79 Å². The minimum absolute atomic E-state index is 0.0966. The number of rotatable bonds is 8. The monoisotopic (exact) mass is 281 g/mol. The number of benzene rings is 1. The Balaban J connectivity index is 2.48. The SMILES string of the molecule is COC[C@@H](CO)NC(=O)CCc1ccc(C)c(OC)c1. The molecule has 0 saturated heterocycles. The van der Waals surface area contributed by atoms with Crippen LogP contribution < -0.4 is 10.1 Å². The summed E-state index contributed by atoms with van der Waals surface area (Å²) in [5, 5.41) is 11.8. The lowest BCUT2D eigenvalue weighted by atomic mass is 10.1. The summed E-state index contributed by atoms with van der Waals surface area (Å²) in [5.74, 6) is 0.733. The molecule has 0 unspecified atom stereocenters. The molecule has 0 spiro atoms. The van der Waals surface area contributed by atoms with Crippen LogP contribution in [0, 0.1) is 6.92 Å². The molecule has 1 rings (SSSR count). The summed E-state index contributed by atoms with van der Waals surface area (Å²) in [7, 11) is 3.17. The Hall–Kier alpha value is -1.59. The number of carbonyl (C=O) groups excluding carboxylic acids is 1. The van der Waals surface area contributed by atoms with Crippen LogP contribution in [0.5, 0.6) is 5.75 Å². The van der Waals surface area contributed by atoms with Crippen LogP contribution in [0.1, 0.15) is 17.5 Å². The molecular weight excluding hydrogens is 258 g/mol. The zero-order valence-corrected chi connectivity index (χ0v) is 12.3. The number of methoxy groups -OCH3 is 2. The molecule has 5 nitrogen and oxygen atoms in total. The predicted molar refractivity (Wildman–Crippen MR) is 76.9 cm³/mol. The van der Waals surface area contributed by atoms with Gasteiger partial charge in [0.1, 0.15) is 5.75 Å². The Kier molecular flexibility index (Phi) is 7.04. The van der Waals surface area contributed by atoms with E-state index in [-0.39, 0.29) is 18.6 Å². The van der Waals surface area contributed by atoms with Crippen molar-refractivity contribution in [3.8, 4) is 5.75 Å². The van der Waals surface area contributed by atoms with Crippen LogP contribution >= 0.6 is 0 Å². The lowest BCUT2D eigenvalue weighted by molar-refractivity contribution is -0.122. The van der Waals surface area contributed by atoms with Gasteiger partial charge in [0.25, 0.3) is 0 Å². The van der Waals surface area contributed by atoms with Crippen LogP contribution in [0.3, 0.4) is 0 Å². The summed E-state index contributed by atoms with van der Waals surface area (Å²) in [6.07, 6.45) is 1.00. The maximum atomic E-state index is 11.8. The van der Waals surface area contributed by atoms with Gasteiger partial charge in [-0.25, -0.2) is 0 Å². The van der Waals surface area contributed by atoms with E-state index >= 15 is 0 Å². The lowest BCUT2D eigenvalue weighted by Crippen LogP contribution is -2.40. The fraction of sp³-hybridized carbons (Fsp3) is 0.533. The van der Waals surface area contributed by atoms with E-state index in [1.165, 1.54) is 7.11 Å². The highest BCUT2D eigenvalue weighted by Gasteiger charge is 2.11. The molecule has 20 heavy (non-hydrogen) atoms. The Morgan fingerprint density at radius 1 is 1.40 bits per heavy atom. The molecule has 1 atom stereocenters. The van der Waals surface area contributed by atoms with Crippen molar-refractivity contribution >= 4 is 5.91 Å². The highest BCUT2D eigenvalue weighted by atomic mass is 16.5. The largest absolute Gasteiger partial charge is 0.496 e. The standard InChI is InChI=1S/C15H23NO4/c1-11-4-5-12(8-14(11)20-3)6-7-15(18)16-13(9-17)10-19-2/h4-5,8,13,17H,6-7,9-10H2,1-3H3,(H,16,18)/t13-/m1/s1. The minimum Gasteiger partial charge on any atom is -0.496 e. The average molecular weight is 281 g/mol. The van der Waals surface area contributed by atoms with Gasteiger partial charge in [-0.3, -0.25) is 4.79 Å². The van der Waals surface area contributed by atoms with Crippen LogP contribution in [0.2, 0.25) is 0 Å². The van der Waals surface area contributed by atoms with Crippen molar-refractivity contribution in [2.45, 2.75) is 25.8 Å². The summed E-state index contributed by atoms with van der Waals surface area (Å²) in [5.41, 5.74) is 2.12. The fourth-order valence-electron chi connectivity index (χ4n) is 1.92. The van der Waals surface area contributed by atoms with Crippen LogP contribution in [0.15, 0.2) is 18.2 Å². The normalized spacial score (nSPS) is 12.0. The van der Waals surface area contributed by atoms with E-state index in [1.807, 2.05) is 25.1 Å². The summed E-state index contributed by atoms with van der Waals surface area (Å²) < 4.78 is 10.2. The molecule has 0 fully saturated rings. The second kappa shape index (κ2) is 8.55. The van der Waals surface area contributed by atoms with Gasteiger partial charge in [0.15, 0.2) is 0 Å². The quantitative estimate of drug-likeness (QED) is 0.747. The fourth-order valence-corrected chi connectivity index (χ4v) is 1.92. The van der Waals surface area contributed by atoms with Gasteiger partial charge >= 0.3 is 0 Å². The summed E-state index contributed by atoms with van der Waals surface area (Å²) in [6, 6.07) is 5.57. The number of hydrogen-bond acceptors (Lipinski definition) is 4. The number of aliphatic hydroxyl groups is 1. The maximum Gasteiger partial charge on any atom is 0.220 e. The molecule has 112 valence electrons. The van der Waals surface area contributed by atoms with E-state index < -0.39 is 0 Å². The first-order valence-corrected chi connectivity index (χ1v) is 6.63. The van der Waals surface area contributed by atoms with Gasteiger partial charge in [0.2, 0.25) is 5.91 Å².